The van der Waals surface area contributed by atoms with Crippen LogP contribution in [0.3, 0.4) is 0 Å². The standard InChI is InChI=1S/C17H16N2O/c1-12-7-9-14(10-8-12)17(20)16-15(11-18-19-16)13-5-3-2-4-6-13/h2-11,17,20H,1H3,(H,18,19). The number of aromatic amines is 1. The van der Waals surface area contributed by atoms with E-state index in [0.717, 1.165) is 22.4 Å². The van der Waals surface area contributed by atoms with E-state index in [4.69, 9.17) is 0 Å². The Hall–Kier alpha value is -2.39. The van der Waals surface area contributed by atoms with Crippen LogP contribution in [0.25, 0.3) is 11.1 Å². The molecular formula is C17H16N2O. The largest absolute Gasteiger partial charge is 0.382 e. The van der Waals surface area contributed by atoms with Crippen molar-refractivity contribution >= 4 is 0 Å². The molecule has 3 heteroatoms. The lowest BCUT2D eigenvalue weighted by Gasteiger charge is -2.12. The van der Waals surface area contributed by atoms with E-state index in [1.165, 1.54) is 5.56 Å². The van der Waals surface area contributed by atoms with Gasteiger partial charge in [0.05, 0.1) is 11.9 Å². The first kappa shape index (κ1) is 12.6. The molecular weight excluding hydrogens is 248 g/mol. The topological polar surface area (TPSA) is 48.9 Å². The molecule has 1 atom stereocenters. The molecule has 3 rings (SSSR count). The van der Waals surface area contributed by atoms with Gasteiger partial charge >= 0.3 is 0 Å². The number of aromatic nitrogens is 2. The average molecular weight is 264 g/mol. The Kier molecular flexibility index (Phi) is 3.35. The quantitative estimate of drug-likeness (QED) is 0.761. The highest BCUT2D eigenvalue weighted by Crippen LogP contribution is 2.29. The maximum atomic E-state index is 10.5. The molecule has 0 aliphatic carbocycles. The fraction of sp³-hybridized carbons (Fsp3) is 0.118. The molecule has 3 nitrogen and oxygen atoms in total. The first-order chi connectivity index (χ1) is 9.75. The van der Waals surface area contributed by atoms with Gasteiger partial charge in [0.15, 0.2) is 0 Å². The summed E-state index contributed by atoms with van der Waals surface area (Å²) in [5, 5.41) is 17.5. The molecule has 0 aliphatic heterocycles. The summed E-state index contributed by atoms with van der Waals surface area (Å²) < 4.78 is 0. The normalized spacial score (nSPS) is 12.3. The Labute approximate surface area is 117 Å². The summed E-state index contributed by atoms with van der Waals surface area (Å²) in [6.45, 7) is 2.03. The van der Waals surface area contributed by atoms with Crippen LogP contribution in [0.1, 0.15) is 22.9 Å². The highest BCUT2D eigenvalue weighted by Gasteiger charge is 2.17. The number of hydrogen-bond acceptors (Lipinski definition) is 2. The lowest BCUT2D eigenvalue weighted by Crippen LogP contribution is -2.02. The number of benzene rings is 2. The minimum absolute atomic E-state index is 0.701. The van der Waals surface area contributed by atoms with Crippen LogP contribution in [0.2, 0.25) is 0 Å². The zero-order valence-corrected chi connectivity index (χ0v) is 11.2. The SMILES string of the molecule is Cc1ccc(C(O)c2[nH]ncc2-c2ccccc2)cc1. The molecule has 0 spiro atoms. The van der Waals surface area contributed by atoms with Crippen molar-refractivity contribution in [2.45, 2.75) is 13.0 Å². The van der Waals surface area contributed by atoms with Crippen molar-refractivity contribution in [1.29, 1.82) is 0 Å². The fourth-order valence-electron chi connectivity index (χ4n) is 2.27. The molecule has 0 amide bonds. The van der Waals surface area contributed by atoms with Crippen LogP contribution in [-0.4, -0.2) is 15.3 Å². The predicted octanol–water partition coefficient (Wildman–Crippen LogP) is 3.47. The molecule has 100 valence electrons. The van der Waals surface area contributed by atoms with E-state index in [2.05, 4.69) is 10.2 Å². The maximum absolute atomic E-state index is 10.5. The molecule has 20 heavy (non-hydrogen) atoms. The minimum Gasteiger partial charge on any atom is -0.382 e. The van der Waals surface area contributed by atoms with Gasteiger partial charge < -0.3 is 5.11 Å². The number of nitrogens with zero attached hydrogens (tertiary/aromatic N) is 1. The Balaban J connectivity index is 1.99. The second-order valence-corrected chi connectivity index (χ2v) is 4.88. The van der Waals surface area contributed by atoms with E-state index in [9.17, 15) is 5.11 Å². The molecule has 0 aliphatic rings. The Morgan fingerprint density at radius 2 is 1.70 bits per heavy atom. The lowest BCUT2D eigenvalue weighted by atomic mass is 9.99. The zero-order valence-electron chi connectivity index (χ0n) is 11.2. The van der Waals surface area contributed by atoms with Crippen molar-refractivity contribution in [2.24, 2.45) is 0 Å². The summed E-state index contributed by atoms with van der Waals surface area (Å²) in [7, 11) is 0. The van der Waals surface area contributed by atoms with E-state index >= 15 is 0 Å². The van der Waals surface area contributed by atoms with Crippen molar-refractivity contribution in [3.8, 4) is 11.1 Å². The number of H-pyrrole nitrogens is 1. The van der Waals surface area contributed by atoms with Gasteiger partial charge in [-0.25, -0.2) is 0 Å². The zero-order chi connectivity index (χ0) is 13.9. The van der Waals surface area contributed by atoms with Crippen molar-refractivity contribution < 1.29 is 5.11 Å². The summed E-state index contributed by atoms with van der Waals surface area (Å²) >= 11 is 0. The van der Waals surface area contributed by atoms with Crippen molar-refractivity contribution in [1.82, 2.24) is 10.2 Å². The van der Waals surface area contributed by atoms with Gasteiger partial charge in [0.1, 0.15) is 6.10 Å². The number of aliphatic hydroxyl groups excluding tert-OH is 1. The predicted molar refractivity (Wildman–Crippen MR) is 79.3 cm³/mol. The third-order valence-corrected chi connectivity index (χ3v) is 3.42. The Morgan fingerprint density at radius 3 is 2.40 bits per heavy atom. The first-order valence-electron chi connectivity index (χ1n) is 6.59. The van der Waals surface area contributed by atoms with Crippen molar-refractivity contribution in [3.63, 3.8) is 0 Å². The van der Waals surface area contributed by atoms with Crippen LogP contribution in [-0.2, 0) is 0 Å². The van der Waals surface area contributed by atoms with Gasteiger partial charge in [-0.3, -0.25) is 5.10 Å². The van der Waals surface area contributed by atoms with Crippen LogP contribution in [0.15, 0.2) is 60.8 Å². The number of nitrogens with one attached hydrogen (secondary N) is 1. The van der Waals surface area contributed by atoms with E-state index < -0.39 is 6.10 Å². The highest BCUT2D eigenvalue weighted by atomic mass is 16.3. The maximum Gasteiger partial charge on any atom is 0.121 e. The van der Waals surface area contributed by atoms with Gasteiger partial charge in [-0.1, -0.05) is 60.2 Å². The summed E-state index contributed by atoms with van der Waals surface area (Å²) in [6.07, 6.45) is 1.05. The van der Waals surface area contributed by atoms with Gasteiger partial charge in [-0.05, 0) is 18.1 Å². The molecule has 2 N–H and O–H groups in total. The third kappa shape index (κ3) is 2.36. The Bertz CT molecular complexity index is 687. The molecule has 3 aromatic rings. The smallest absolute Gasteiger partial charge is 0.121 e. The van der Waals surface area contributed by atoms with E-state index in [-0.39, 0.29) is 0 Å². The number of aliphatic hydroxyl groups is 1. The molecule has 0 bridgehead atoms. The molecule has 1 heterocycles. The summed E-state index contributed by atoms with van der Waals surface area (Å²) in [4.78, 5) is 0. The van der Waals surface area contributed by atoms with Crippen molar-refractivity contribution in [2.75, 3.05) is 0 Å². The van der Waals surface area contributed by atoms with Crippen LogP contribution >= 0.6 is 0 Å². The summed E-state index contributed by atoms with van der Waals surface area (Å²) in [6, 6.07) is 17.8. The number of hydrogen-bond donors (Lipinski definition) is 2. The molecule has 0 saturated heterocycles. The van der Waals surface area contributed by atoms with Gasteiger partial charge in [0.25, 0.3) is 0 Å². The van der Waals surface area contributed by atoms with Gasteiger partial charge in [0, 0.05) is 5.56 Å². The minimum atomic E-state index is -0.701. The van der Waals surface area contributed by atoms with Crippen LogP contribution in [0.5, 0.6) is 0 Å². The Morgan fingerprint density at radius 1 is 1.00 bits per heavy atom. The first-order valence-corrected chi connectivity index (χ1v) is 6.59. The van der Waals surface area contributed by atoms with Crippen molar-refractivity contribution in [3.05, 3.63) is 77.6 Å². The van der Waals surface area contributed by atoms with Crippen LogP contribution < -0.4 is 0 Å². The monoisotopic (exact) mass is 264 g/mol. The molecule has 0 saturated carbocycles. The van der Waals surface area contributed by atoms with E-state index in [1.807, 2.05) is 61.5 Å². The molecule has 0 radical (unpaired) electrons. The second kappa shape index (κ2) is 5.31. The summed E-state index contributed by atoms with van der Waals surface area (Å²) in [5.74, 6) is 0. The molecule has 0 fully saturated rings. The van der Waals surface area contributed by atoms with E-state index in [0.29, 0.717) is 0 Å². The molecule has 2 aromatic carbocycles. The molecule has 1 aromatic heterocycles. The number of aryl methyl sites for hydroxylation is 1. The van der Waals surface area contributed by atoms with Crippen LogP contribution in [0, 0.1) is 6.92 Å². The number of rotatable bonds is 3. The third-order valence-electron chi connectivity index (χ3n) is 3.42. The second-order valence-electron chi connectivity index (χ2n) is 4.88. The van der Waals surface area contributed by atoms with Gasteiger partial charge in [0.2, 0.25) is 0 Å². The summed E-state index contributed by atoms with van der Waals surface area (Å²) in [5.41, 5.74) is 4.73. The average Bonchev–Trinajstić information content (AvgIpc) is 2.97. The van der Waals surface area contributed by atoms with Gasteiger partial charge in [-0.15, -0.1) is 0 Å². The fourth-order valence-corrected chi connectivity index (χ4v) is 2.27. The lowest BCUT2D eigenvalue weighted by molar-refractivity contribution is 0.216. The highest BCUT2D eigenvalue weighted by molar-refractivity contribution is 5.66. The van der Waals surface area contributed by atoms with E-state index in [1.54, 1.807) is 6.20 Å². The molecule has 1 unspecified atom stereocenters. The van der Waals surface area contributed by atoms with Crippen LogP contribution in [0.4, 0.5) is 0 Å². The van der Waals surface area contributed by atoms with Gasteiger partial charge in [-0.2, -0.15) is 5.10 Å².